The van der Waals surface area contributed by atoms with Crippen LogP contribution in [-0.4, -0.2) is 6.16 Å². The molecule has 1 unspecified atom stereocenters. The molecule has 0 radical (unpaired) electrons. The number of fused-ring (bicyclic) bond motifs is 1. The molecule has 58 valence electrons. The predicted molar refractivity (Wildman–Crippen MR) is 54.7 cm³/mol. The van der Waals surface area contributed by atoms with Crippen LogP contribution in [0.1, 0.15) is 6.92 Å². The van der Waals surface area contributed by atoms with E-state index in [1.165, 1.54) is 17.3 Å². The molecule has 11 heavy (non-hydrogen) atoms. The molecular weight excluding hydrogens is 151 g/mol. The van der Waals surface area contributed by atoms with Gasteiger partial charge in [-0.05, 0) is 17.3 Å². The van der Waals surface area contributed by atoms with E-state index in [4.69, 9.17) is 0 Å². The number of rotatable bonds is 0. The second-order valence-corrected chi connectivity index (χ2v) is 3.19. The van der Waals surface area contributed by atoms with E-state index in [2.05, 4.69) is 52.6 Å². The Balaban J connectivity index is 0.000000179. The first-order chi connectivity index (χ1) is 5.38. The Morgan fingerprint density at radius 1 is 1.09 bits per heavy atom. The van der Waals surface area contributed by atoms with E-state index in [-0.39, 0.29) is 0 Å². The van der Waals surface area contributed by atoms with Crippen molar-refractivity contribution in [3.63, 3.8) is 0 Å². The summed E-state index contributed by atoms with van der Waals surface area (Å²) in [6, 6.07) is 0. The molecule has 0 saturated heterocycles. The van der Waals surface area contributed by atoms with E-state index >= 15 is 0 Å². The van der Waals surface area contributed by atoms with Crippen molar-refractivity contribution < 1.29 is 0 Å². The molecule has 0 aromatic rings. The van der Waals surface area contributed by atoms with Crippen molar-refractivity contribution in [3.05, 3.63) is 47.6 Å². The average Bonchev–Trinajstić information content (AvgIpc) is 2.44. The Morgan fingerprint density at radius 2 is 1.45 bits per heavy atom. The Labute approximate surface area is 70.6 Å². The lowest BCUT2D eigenvalue weighted by Gasteiger charge is -1.85. The Morgan fingerprint density at radius 3 is 1.82 bits per heavy atom. The molecule has 0 saturated carbocycles. The van der Waals surface area contributed by atoms with Gasteiger partial charge in [0.2, 0.25) is 0 Å². The molecule has 0 aromatic heterocycles. The summed E-state index contributed by atoms with van der Waals surface area (Å²) in [6.07, 6.45) is 13.8. The first-order valence-corrected chi connectivity index (χ1v) is 4.67. The summed E-state index contributed by atoms with van der Waals surface area (Å²) in [5, 5.41) is 0. The molecule has 0 aromatic carbocycles. The molecule has 0 spiro atoms. The average molecular weight is 164 g/mol. The summed E-state index contributed by atoms with van der Waals surface area (Å²) in [5.41, 5.74) is 2.70. The standard InChI is InChI=1S/C8H6.C2H7P/c1-3-7-5-2-6-8(7)4-1;1-2-3/h1-6H;2-3H2,1H3. The van der Waals surface area contributed by atoms with E-state index in [0.29, 0.717) is 0 Å². The zero-order chi connectivity index (χ0) is 8.10. The fraction of sp³-hybridized carbons (Fsp3) is 0.200. The van der Waals surface area contributed by atoms with E-state index in [0.717, 1.165) is 0 Å². The maximum atomic E-state index is 2.58. The van der Waals surface area contributed by atoms with Gasteiger partial charge < -0.3 is 0 Å². The van der Waals surface area contributed by atoms with E-state index < -0.39 is 0 Å². The monoisotopic (exact) mass is 164 g/mol. The third kappa shape index (κ3) is 2.17. The van der Waals surface area contributed by atoms with Gasteiger partial charge in [-0.1, -0.05) is 43.4 Å². The quantitative estimate of drug-likeness (QED) is 0.483. The summed E-state index contributed by atoms with van der Waals surface area (Å²) < 4.78 is 0. The fourth-order valence-corrected chi connectivity index (χ4v) is 1.01. The number of allylic oxidation sites excluding steroid dienone is 8. The summed E-state index contributed by atoms with van der Waals surface area (Å²) in [7, 11) is 2.58. The third-order valence-electron chi connectivity index (χ3n) is 1.44. The molecule has 0 nitrogen and oxygen atoms in total. The molecule has 0 heterocycles. The molecule has 2 aliphatic rings. The van der Waals surface area contributed by atoms with Crippen molar-refractivity contribution in [2.45, 2.75) is 6.92 Å². The van der Waals surface area contributed by atoms with Gasteiger partial charge in [-0.2, -0.15) is 0 Å². The lowest BCUT2D eigenvalue weighted by molar-refractivity contribution is 1.53. The second-order valence-electron chi connectivity index (χ2n) is 2.37. The molecule has 0 aliphatic heterocycles. The first-order valence-electron chi connectivity index (χ1n) is 3.85. The van der Waals surface area contributed by atoms with Crippen LogP contribution in [0.3, 0.4) is 0 Å². The molecule has 0 amide bonds. The van der Waals surface area contributed by atoms with Crippen LogP contribution in [0, 0.1) is 0 Å². The number of hydrogen-bond donors (Lipinski definition) is 0. The molecule has 1 heteroatoms. The van der Waals surface area contributed by atoms with Crippen molar-refractivity contribution in [2.75, 3.05) is 6.16 Å². The summed E-state index contributed by atoms with van der Waals surface area (Å²) in [5.74, 6) is 0. The van der Waals surface area contributed by atoms with Crippen LogP contribution < -0.4 is 0 Å². The van der Waals surface area contributed by atoms with Crippen LogP contribution in [0.25, 0.3) is 0 Å². The van der Waals surface area contributed by atoms with E-state index in [1.807, 2.05) is 0 Å². The van der Waals surface area contributed by atoms with Gasteiger partial charge in [0.05, 0.1) is 0 Å². The highest BCUT2D eigenvalue weighted by molar-refractivity contribution is 7.16. The van der Waals surface area contributed by atoms with Gasteiger partial charge in [0.25, 0.3) is 0 Å². The van der Waals surface area contributed by atoms with Gasteiger partial charge in [0.15, 0.2) is 0 Å². The largest absolute Gasteiger partial charge is 0.138 e. The summed E-state index contributed by atoms with van der Waals surface area (Å²) in [6.45, 7) is 2.09. The minimum Gasteiger partial charge on any atom is -0.138 e. The molecule has 0 N–H and O–H groups in total. The van der Waals surface area contributed by atoms with E-state index in [9.17, 15) is 0 Å². The van der Waals surface area contributed by atoms with E-state index in [1.54, 1.807) is 0 Å². The van der Waals surface area contributed by atoms with Crippen LogP contribution in [0.2, 0.25) is 0 Å². The van der Waals surface area contributed by atoms with Gasteiger partial charge in [-0.3, -0.25) is 0 Å². The van der Waals surface area contributed by atoms with Crippen molar-refractivity contribution in [1.29, 1.82) is 0 Å². The van der Waals surface area contributed by atoms with Crippen LogP contribution in [0.4, 0.5) is 0 Å². The second kappa shape index (κ2) is 4.31. The smallest absolute Gasteiger partial charge is 0.0184 e. The zero-order valence-corrected chi connectivity index (χ0v) is 7.90. The molecule has 0 fully saturated rings. The molecule has 2 rings (SSSR count). The van der Waals surface area contributed by atoms with Crippen LogP contribution in [-0.2, 0) is 0 Å². The summed E-state index contributed by atoms with van der Waals surface area (Å²) in [4.78, 5) is 0. The lowest BCUT2D eigenvalue weighted by atomic mass is 10.2. The minimum atomic E-state index is 1.17. The SMILES string of the molecule is C1=CC2=CC=CC2=C1.CCP. The number of hydrogen-bond acceptors (Lipinski definition) is 0. The highest BCUT2D eigenvalue weighted by Gasteiger charge is 2.04. The Kier molecular flexibility index (Phi) is 3.32. The van der Waals surface area contributed by atoms with Gasteiger partial charge >= 0.3 is 0 Å². The van der Waals surface area contributed by atoms with Crippen LogP contribution in [0.15, 0.2) is 47.6 Å². The third-order valence-corrected chi connectivity index (χ3v) is 1.44. The van der Waals surface area contributed by atoms with Crippen molar-refractivity contribution in [2.24, 2.45) is 0 Å². The normalized spacial score (nSPS) is 16.9. The lowest BCUT2D eigenvalue weighted by Crippen LogP contribution is -1.67. The van der Waals surface area contributed by atoms with Crippen molar-refractivity contribution in [1.82, 2.24) is 0 Å². The maximum absolute atomic E-state index is 2.58. The van der Waals surface area contributed by atoms with Gasteiger partial charge in [-0.25, -0.2) is 0 Å². The van der Waals surface area contributed by atoms with Crippen molar-refractivity contribution >= 4 is 9.24 Å². The molecular formula is C10H13P. The van der Waals surface area contributed by atoms with Gasteiger partial charge in [0.1, 0.15) is 0 Å². The predicted octanol–water partition coefficient (Wildman–Crippen LogP) is 2.86. The molecule has 0 bridgehead atoms. The van der Waals surface area contributed by atoms with Crippen LogP contribution in [0.5, 0.6) is 0 Å². The maximum Gasteiger partial charge on any atom is -0.0184 e. The van der Waals surface area contributed by atoms with Gasteiger partial charge in [0, 0.05) is 0 Å². The minimum absolute atomic E-state index is 1.17. The first kappa shape index (κ1) is 8.49. The highest BCUT2D eigenvalue weighted by Crippen LogP contribution is 2.23. The highest BCUT2D eigenvalue weighted by atomic mass is 31.0. The zero-order valence-electron chi connectivity index (χ0n) is 6.75. The molecule has 2 aliphatic carbocycles. The molecule has 1 atom stereocenters. The van der Waals surface area contributed by atoms with Crippen molar-refractivity contribution in [3.8, 4) is 0 Å². The fourth-order valence-electron chi connectivity index (χ4n) is 1.01. The Bertz CT molecular complexity index is 216. The summed E-state index contributed by atoms with van der Waals surface area (Å²) >= 11 is 0. The van der Waals surface area contributed by atoms with Gasteiger partial charge in [-0.15, -0.1) is 9.24 Å². The van der Waals surface area contributed by atoms with Crippen LogP contribution >= 0.6 is 9.24 Å². The topological polar surface area (TPSA) is 0 Å². The Hall–Kier alpha value is -0.610.